The van der Waals surface area contributed by atoms with Crippen LogP contribution in [0.15, 0.2) is 42.6 Å². The zero-order valence-electron chi connectivity index (χ0n) is 7.31. The van der Waals surface area contributed by atoms with Crippen molar-refractivity contribution >= 4 is 5.69 Å². The molecule has 1 aromatic heterocycles. The van der Waals surface area contributed by atoms with Gasteiger partial charge in [0.15, 0.2) is 0 Å². The van der Waals surface area contributed by atoms with Gasteiger partial charge in [-0.1, -0.05) is 12.1 Å². The average Bonchev–Trinajstić information content (AvgIpc) is 2.70. The van der Waals surface area contributed by atoms with E-state index in [1.807, 2.05) is 12.1 Å². The predicted molar refractivity (Wildman–Crippen MR) is 52.9 cm³/mol. The van der Waals surface area contributed by atoms with Crippen LogP contribution in [0.4, 0.5) is 5.69 Å². The third kappa shape index (κ3) is 1.37. The minimum atomic E-state index is -0.379. The van der Waals surface area contributed by atoms with E-state index in [1.54, 1.807) is 24.4 Å². The number of H-pyrrole nitrogens is 1. The molecule has 1 N–H and O–H groups in total. The number of para-hydroxylation sites is 1. The van der Waals surface area contributed by atoms with Crippen molar-refractivity contribution in [2.75, 3.05) is 0 Å². The molecule has 0 atom stereocenters. The van der Waals surface area contributed by atoms with Crippen LogP contribution in [0.5, 0.6) is 0 Å². The van der Waals surface area contributed by atoms with Crippen molar-refractivity contribution in [2.24, 2.45) is 0 Å². The lowest BCUT2D eigenvalue weighted by Gasteiger charge is -1.98. The van der Waals surface area contributed by atoms with Gasteiger partial charge in [-0.25, -0.2) is 0 Å². The molecule has 0 fully saturated rings. The van der Waals surface area contributed by atoms with Gasteiger partial charge in [0.05, 0.1) is 16.2 Å². The van der Waals surface area contributed by atoms with Gasteiger partial charge in [0.25, 0.3) is 5.69 Å². The Bertz CT molecular complexity index is 449. The largest absolute Gasteiger partial charge is 0.361 e. The summed E-state index contributed by atoms with van der Waals surface area (Å²) in [6.45, 7) is 0. The van der Waals surface area contributed by atoms with Crippen molar-refractivity contribution < 1.29 is 4.92 Å². The Hall–Kier alpha value is -2.10. The number of rotatable bonds is 2. The summed E-state index contributed by atoms with van der Waals surface area (Å²) in [7, 11) is 0. The van der Waals surface area contributed by atoms with E-state index in [0.29, 0.717) is 5.56 Å². The first-order valence-electron chi connectivity index (χ1n) is 4.16. The van der Waals surface area contributed by atoms with Crippen molar-refractivity contribution in [1.29, 1.82) is 0 Å². The Morgan fingerprint density at radius 1 is 1.14 bits per heavy atom. The highest BCUT2D eigenvalue weighted by atomic mass is 16.6. The number of benzene rings is 1. The van der Waals surface area contributed by atoms with Crippen LogP contribution in [-0.2, 0) is 0 Å². The number of aromatic nitrogens is 1. The van der Waals surface area contributed by atoms with E-state index in [4.69, 9.17) is 0 Å². The second-order valence-electron chi connectivity index (χ2n) is 2.86. The summed E-state index contributed by atoms with van der Waals surface area (Å²) in [5.74, 6) is 0. The van der Waals surface area contributed by atoms with Gasteiger partial charge in [-0.3, -0.25) is 10.1 Å². The Labute approximate surface area is 80.4 Å². The molecule has 2 aromatic rings. The van der Waals surface area contributed by atoms with Crippen LogP contribution < -0.4 is 0 Å². The van der Waals surface area contributed by atoms with Crippen molar-refractivity contribution in [3.63, 3.8) is 0 Å². The number of nitrogens with zero attached hydrogens (tertiary/aromatic N) is 1. The molecular weight excluding hydrogens is 180 g/mol. The predicted octanol–water partition coefficient (Wildman–Crippen LogP) is 2.59. The van der Waals surface area contributed by atoms with Gasteiger partial charge in [-0.05, 0) is 18.2 Å². The van der Waals surface area contributed by atoms with Gasteiger partial charge in [0, 0.05) is 12.3 Å². The van der Waals surface area contributed by atoms with Gasteiger partial charge in [-0.2, -0.15) is 0 Å². The van der Waals surface area contributed by atoms with E-state index in [2.05, 4.69) is 4.98 Å². The molecule has 0 bridgehead atoms. The summed E-state index contributed by atoms with van der Waals surface area (Å²) in [5.41, 5.74) is 1.50. The fourth-order valence-electron chi connectivity index (χ4n) is 1.36. The summed E-state index contributed by atoms with van der Waals surface area (Å²) in [5, 5.41) is 10.7. The molecule has 1 heterocycles. The van der Waals surface area contributed by atoms with Gasteiger partial charge < -0.3 is 4.98 Å². The lowest BCUT2D eigenvalue weighted by atomic mass is 10.1. The maximum Gasteiger partial charge on any atom is 0.278 e. The van der Waals surface area contributed by atoms with Crippen LogP contribution in [0, 0.1) is 10.1 Å². The van der Waals surface area contributed by atoms with Crippen LogP contribution in [-0.4, -0.2) is 9.91 Å². The van der Waals surface area contributed by atoms with Gasteiger partial charge >= 0.3 is 0 Å². The number of nitro benzene ring substituents is 1. The lowest BCUT2D eigenvalue weighted by molar-refractivity contribution is -0.384. The van der Waals surface area contributed by atoms with E-state index >= 15 is 0 Å². The third-order valence-corrected chi connectivity index (χ3v) is 1.99. The minimum absolute atomic E-state index is 0.120. The van der Waals surface area contributed by atoms with Crippen molar-refractivity contribution in [3.8, 4) is 11.3 Å². The van der Waals surface area contributed by atoms with Gasteiger partial charge in [-0.15, -0.1) is 0 Å². The number of hydrogen-bond donors (Lipinski definition) is 1. The highest BCUT2D eigenvalue weighted by Crippen LogP contribution is 2.27. The Balaban J connectivity index is 2.58. The number of nitrogens with one attached hydrogen (secondary N) is 1. The van der Waals surface area contributed by atoms with Crippen molar-refractivity contribution in [1.82, 2.24) is 4.98 Å². The molecule has 0 saturated heterocycles. The maximum absolute atomic E-state index is 10.7. The average molecular weight is 188 g/mol. The molecule has 2 rings (SSSR count). The quantitative estimate of drug-likeness (QED) is 0.581. The fraction of sp³-hybridized carbons (Fsp3) is 0. The molecule has 4 nitrogen and oxygen atoms in total. The highest BCUT2D eigenvalue weighted by Gasteiger charge is 2.13. The van der Waals surface area contributed by atoms with E-state index in [0.717, 1.165) is 5.69 Å². The number of aromatic amines is 1. The van der Waals surface area contributed by atoms with E-state index in [-0.39, 0.29) is 10.6 Å². The molecule has 0 aliphatic carbocycles. The summed E-state index contributed by atoms with van der Waals surface area (Å²) < 4.78 is 0. The first-order chi connectivity index (χ1) is 6.79. The molecule has 0 aliphatic rings. The van der Waals surface area contributed by atoms with Crippen LogP contribution in [0.3, 0.4) is 0 Å². The van der Waals surface area contributed by atoms with Crippen LogP contribution in [0.2, 0.25) is 0 Å². The molecule has 0 spiro atoms. The van der Waals surface area contributed by atoms with Crippen molar-refractivity contribution in [2.45, 2.75) is 0 Å². The molecule has 1 aromatic carbocycles. The number of hydrogen-bond acceptors (Lipinski definition) is 2. The second-order valence-corrected chi connectivity index (χ2v) is 2.86. The first kappa shape index (κ1) is 8.50. The number of nitro groups is 1. The third-order valence-electron chi connectivity index (χ3n) is 1.99. The second kappa shape index (κ2) is 3.33. The smallest absolute Gasteiger partial charge is 0.278 e. The molecule has 0 radical (unpaired) electrons. The topological polar surface area (TPSA) is 58.9 Å². The molecule has 70 valence electrons. The summed E-state index contributed by atoms with van der Waals surface area (Å²) in [4.78, 5) is 13.3. The summed E-state index contributed by atoms with van der Waals surface area (Å²) in [6, 6.07) is 10.3. The monoisotopic (exact) mass is 188 g/mol. The molecule has 0 amide bonds. The molecule has 0 unspecified atom stereocenters. The van der Waals surface area contributed by atoms with Crippen LogP contribution in [0.1, 0.15) is 0 Å². The lowest BCUT2D eigenvalue weighted by Crippen LogP contribution is -1.91. The maximum atomic E-state index is 10.7. The SMILES string of the molecule is O=[N+]([O-])c1ccccc1-c1ccc[nH]1. The first-order valence-corrected chi connectivity index (χ1v) is 4.16. The Morgan fingerprint density at radius 2 is 1.93 bits per heavy atom. The molecule has 4 heteroatoms. The Morgan fingerprint density at radius 3 is 2.57 bits per heavy atom. The fourth-order valence-corrected chi connectivity index (χ4v) is 1.36. The molecule has 0 aliphatic heterocycles. The zero-order valence-corrected chi connectivity index (χ0v) is 7.31. The molecule has 0 saturated carbocycles. The standard InChI is InChI=1S/C10H8N2O2/c13-12(14)10-6-2-1-4-8(10)9-5-3-7-11-9/h1-7,11H. The molecule has 14 heavy (non-hydrogen) atoms. The van der Waals surface area contributed by atoms with Crippen LogP contribution in [0.25, 0.3) is 11.3 Å². The van der Waals surface area contributed by atoms with Gasteiger partial charge in [0.2, 0.25) is 0 Å². The highest BCUT2D eigenvalue weighted by molar-refractivity contribution is 5.70. The van der Waals surface area contributed by atoms with Gasteiger partial charge in [0.1, 0.15) is 0 Å². The normalized spacial score (nSPS) is 10.0. The molecular formula is C10H8N2O2. The van der Waals surface area contributed by atoms with E-state index in [1.165, 1.54) is 6.07 Å². The zero-order chi connectivity index (χ0) is 9.97. The minimum Gasteiger partial charge on any atom is -0.361 e. The van der Waals surface area contributed by atoms with E-state index in [9.17, 15) is 10.1 Å². The van der Waals surface area contributed by atoms with E-state index < -0.39 is 0 Å². The van der Waals surface area contributed by atoms with Crippen molar-refractivity contribution in [3.05, 3.63) is 52.7 Å². The summed E-state index contributed by atoms with van der Waals surface area (Å²) >= 11 is 0. The summed E-state index contributed by atoms with van der Waals surface area (Å²) in [6.07, 6.45) is 1.74. The van der Waals surface area contributed by atoms with Crippen LogP contribution >= 0.6 is 0 Å². The Kier molecular flexibility index (Phi) is 2.02.